The van der Waals surface area contributed by atoms with Crippen LogP contribution in [0.2, 0.25) is 0 Å². The van der Waals surface area contributed by atoms with Crippen molar-refractivity contribution in [2.45, 2.75) is 75.0 Å². The number of benzene rings is 1. The average Bonchev–Trinajstić information content (AvgIpc) is 3.29. The van der Waals surface area contributed by atoms with Crippen LogP contribution in [0, 0.1) is 0 Å². The van der Waals surface area contributed by atoms with E-state index in [-0.39, 0.29) is 5.91 Å². The number of thioether (sulfide) groups is 1. The second kappa shape index (κ2) is 8.05. The Morgan fingerprint density at radius 1 is 1.15 bits per heavy atom. The quantitative estimate of drug-likeness (QED) is 0.725. The molecule has 2 aromatic rings. The van der Waals surface area contributed by atoms with Gasteiger partial charge in [0.1, 0.15) is 0 Å². The molecule has 5 heteroatoms. The molecule has 4 nitrogen and oxygen atoms in total. The van der Waals surface area contributed by atoms with Gasteiger partial charge in [0, 0.05) is 46.7 Å². The monoisotopic (exact) mass is 371 g/mol. The van der Waals surface area contributed by atoms with Gasteiger partial charge in [-0.15, -0.1) is 11.8 Å². The van der Waals surface area contributed by atoms with Crippen LogP contribution in [0.5, 0.6) is 0 Å². The Hall–Kier alpha value is -1.46. The van der Waals surface area contributed by atoms with E-state index >= 15 is 0 Å². The average molecular weight is 372 g/mol. The summed E-state index contributed by atoms with van der Waals surface area (Å²) in [4.78, 5) is 13.6. The van der Waals surface area contributed by atoms with Crippen molar-refractivity contribution in [1.82, 2.24) is 15.2 Å². The predicted molar refractivity (Wildman–Crippen MR) is 109 cm³/mol. The lowest BCUT2D eigenvalue weighted by Crippen LogP contribution is -2.58. The third-order valence-electron chi connectivity index (χ3n) is 5.88. The summed E-state index contributed by atoms with van der Waals surface area (Å²) in [5.74, 6) is 0.649. The normalized spacial score (nSPS) is 23.3. The highest BCUT2D eigenvalue weighted by atomic mass is 32.2. The van der Waals surface area contributed by atoms with Crippen LogP contribution >= 0.6 is 11.8 Å². The summed E-state index contributed by atoms with van der Waals surface area (Å²) in [6.07, 6.45) is 9.78. The van der Waals surface area contributed by atoms with Gasteiger partial charge in [-0.3, -0.25) is 4.79 Å². The number of para-hydroxylation sites is 1. The minimum absolute atomic E-state index is 0.159. The third-order valence-corrected chi connectivity index (χ3v) is 6.92. The summed E-state index contributed by atoms with van der Waals surface area (Å²) in [6.45, 7) is 3.10. The summed E-state index contributed by atoms with van der Waals surface area (Å²) < 4.78 is 2.25. The number of rotatable bonds is 7. The summed E-state index contributed by atoms with van der Waals surface area (Å²) in [7, 11) is 0. The highest BCUT2D eigenvalue weighted by Crippen LogP contribution is 2.30. The molecule has 0 saturated heterocycles. The molecule has 2 unspecified atom stereocenters. The fourth-order valence-electron chi connectivity index (χ4n) is 4.25. The van der Waals surface area contributed by atoms with Gasteiger partial charge in [0.2, 0.25) is 5.91 Å². The zero-order valence-electron chi connectivity index (χ0n) is 15.5. The van der Waals surface area contributed by atoms with E-state index in [0.29, 0.717) is 23.9 Å². The van der Waals surface area contributed by atoms with Gasteiger partial charge in [-0.1, -0.05) is 31.0 Å². The van der Waals surface area contributed by atoms with Gasteiger partial charge >= 0.3 is 0 Å². The van der Waals surface area contributed by atoms with Crippen molar-refractivity contribution in [3.63, 3.8) is 0 Å². The summed E-state index contributed by atoms with van der Waals surface area (Å²) >= 11 is 1.65. The van der Waals surface area contributed by atoms with Crippen molar-refractivity contribution in [1.29, 1.82) is 0 Å². The lowest BCUT2D eigenvalue weighted by atomic mass is 9.85. The number of amides is 1. The van der Waals surface area contributed by atoms with Crippen LogP contribution in [-0.2, 0) is 11.3 Å². The summed E-state index contributed by atoms with van der Waals surface area (Å²) in [5.41, 5.74) is 1.25. The van der Waals surface area contributed by atoms with Crippen LogP contribution in [0.25, 0.3) is 10.9 Å². The Balaban J connectivity index is 1.30. The van der Waals surface area contributed by atoms with Gasteiger partial charge < -0.3 is 15.2 Å². The highest BCUT2D eigenvalue weighted by Gasteiger charge is 2.33. The SMILES string of the molecule is CCn1cc(SCC(=O)NC2CCC2NC2CCCC2)c2ccccc21. The van der Waals surface area contributed by atoms with Crippen LogP contribution < -0.4 is 10.6 Å². The number of aromatic nitrogens is 1. The maximum absolute atomic E-state index is 12.4. The zero-order valence-corrected chi connectivity index (χ0v) is 16.4. The smallest absolute Gasteiger partial charge is 0.230 e. The van der Waals surface area contributed by atoms with Crippen molar-refractivity contribution in [2.24, 2.45) is 0 Å². The minimum atomic E-state index is 0.159. The highest BCUT2D eigenvalue weighted by molar-refractivity contribution is 8.00. The summed E-state index contributed by atoms with van der Waals surface area (Å²) in [6, 6.07) is 9.92. The van der Waals surface area contributed by atoms with Gasteiger partial charge in [-0.25, -0.2) is 0 Å². The van der Waals surface area contributed by atoms with Gasteiger partial charge in [-0.2, -0.15) is 0 Å². The molecular weight excluding hydrogens is 342 g/mol. The van der Waals surface area contributed by atoms with Crippen LogP contribution in [0.15, 0.2) is 35.4 Å². The molecule has 2 atom stereocenters. The predicted octanol–water partition coefficient (Wildman–Crippen LogP) is 3.93. The first-order chi connectivity index (χ1) is 12.7. The molecule has 0 radical (unpaired) electrons. The first-order valence-electron chi connectivity index (χ1n) is 10.0. The molecule has 2 aliphatic rings. The van der Waals surface area contributed by atoms with E-state index < -0.39 is 0 Å². The molecule has 4 rings (SSSR count). The molecule has 1 aromatic carbocycles. The zero-order chi connectivity index (χ0) is 17.9. The lowest BCUT2D eigenvalue weighted by Gasteiger charge is -2.39. The van der Waals surface area contributed by atoms with E-state index in [0.717, 1.165) is 13.0 Å². The number of nitrogens with zero attached hydrogens (tertiary/aromatic N) is 1. The van der Waals surface area contributed by atoms with Gasteiger partial charge in [0.05, 0.1) is 5.75 Å². The van der Waals surface area contributed by atoms with Crippen molar-refractivity contribution >= 4 is 28.6 Å². The van der Waals surface area contributed by atoms with Crippen LogP contribution in [0.3, 0.4) is 0 Å². The fraction of sp³-hybridized carbons (Fsp3) is 0.571. The molecule has 1 heterocycles. The Bertz CT molecular complexity index is 766. The lowest BCUT2D eigenvalue weighted by molar-refractivity contribution is -0.120. The number of carbonyl (C=O) groups excluding carboxylic acids is 1. The maximum atomic E-state index is 12.4. The second-order valence-corrected chi connectivity index (χ2v) is 8.61. The van der Waals surface area contributed by atoms with Crippen molar-refractivity contribution in [2.75, 3.05) is 5.75 Å². The molecule has 1 amide bonds. The first-order valence-corrected chi connectivity index (χ1v) is 11.0. The molecule has 140 valence electrons. The van der Waals surface area contributed by atoms with E-state index in [1.807, 2.05) is 0 Å². The Morgan fingerprint density at radius 2 is 1.92 bits per heavy atom. The van der Waals surface area contributed by atoms with Gasteiger partial charge in [-0.05, 0) is 38.7 Å². The molecule has 26 heavy (non-hydrogen) atoms. The van der Waals surface area contributed by atoms with Crippen LogP contribution in [0.1, 0.15) is 45.4 Å². The molecule has 2 N–H and O–H groups in total. The van der Waals surface area contributed by atoms with E-state index in [1.165, 1.54) is 47.9 Å². The molecule has 2 saturated carbocycles. The van der Waals surface area contributed by atoms with Crippen molar-refractivity contribution < 1.29 is 4.79 Å². The first kappa shape index (κ1) is 17.9. The van der Waals surface area contributed by atoms with Gasteiger partial charge in [0.25, 0.3) is 0 Å². The van der Waals surface area contributed by atoms with E-state index in [2.05, 4.69) is 52.6 Å². The third kappa shape index (κ3) is 3.79. The van der Waals surface area contributed by atoms with Crippen molar-refractivity contribution in [3.05, 3.63) is 30.5 Å². The summed E-state index contributed by atoms with van der Waals surface area (Å²) in [5, 5.41) is 8.25. The molecule has 0 spiro atoms. The molecule has 2 aliphatic carbocycles. The molecule has 1 aromatic heterocycles. The Morgan fingerprint density at radius 3 is 2.65 bits per heavy atom. The Kier molecular flexibility index (Phi) is 5.55. The number of fused-ring (bicyclic) bond motifs is 1. The number of carbonyl (C=O) groups is 1. The molecular formula is C21H29N3OS. The molecule has 0 aliphatic heterocycles. The van der Waals surface area contributed by atoms with Gasteiger partial charge in [0.15, 0.2) is 0 Å². The van der Waals surface area contributed by atoms with Crippen LogP contribution in [0.4, 0.5) is 0 Å². The van der Waals surface area contributed by atoms with Crippen molar-refractivity contribution in [3.8, 4) is 0 Å². The maximum Gasteiger partial charge on any atom is 0.230 e. The number of hydrogen-bond donors (Lipinski definition) is 2. The largest absolute Gasteiger partial charge is 0.351 e. The number of hydrogen-bond acceptors (Lipinski definition) is 3. The molecule has 2 fully saturated rings. The number of nitrogens with one attached hydrogen (secondary N) is 2. The Labute approximate surface area is 160 Å². The fourth-order valence-corrected chi connectivity index (χ4v) is 5.15. The van der Waals surface area contributed by atoms with E-state index in [4.69, 9.17) is 0 Å². The number of aryl methyl sites for hydroxylation is 1. The topological polar surface area (TPSA) is 46.1 Å². The molecule has 0 bridgehead atoms. The standard InChI is InChI=1S/C21H29N3OS/c1-2-24-13-20(16-9-5-6-10-19(16)24)26-14-21(25)23-18-12-11-17(18)22-15-7-3-4-8-15/h5-6,9-10,13,15,17-18,22H,2-4,7-8,11-12,14H2,1H3,(H,23,25). The van der Waals surface area contributed by atoms with E-state index in [9.17, 15) is 4.79 Å². The van der Waals surface area contributed by atoms with Crippen LogP contribution in [-0.4, -0.2) is 34.4 Å². The minimum Gasteiger partial charge on any atom is -0.351 e. The van der Waals surface area contributed by atoms with E-state index in [1.54, 1.807) is 11.8 Å². The second-order valence-electron chi connectivity index (χ2n) is 7.59.